The SMILES string of the molecule is COC(=O)c1cc(OBOc2ccc(Cl)c(C(=O)OC)c2)ccc1Cl. The number of halogens is 2. The number of benzene rings is 2. The molecule has 6 nitrogen and oxygen atoms in total. The number of esters is 2. The van der Waals surface area contributed by atoms with E-state index in [9.17, 15) is 9.59 Å². The molecule has 0 aliphatic heterocycles. The van der Waals surface area contributed by atoms with E-state index in [1.54, 1.807) is 12.1 Å². The molecular formula is C16H13BCl2O6. The molecule has 2 aromatic carbocycles. The fourth-order valence-electron chi connectivity index (χ4n) is 1.89. The quantitative estimate of drug-likeness (QED) is 0.563. The molecule has 0 aliphatic rings. The van der Waals surface area contributed by atoms with Gasteiger partial charge in [0.25, 0.3) is 0 Å². The predicted octanol–water partition coefficient (Wildman–Crippen LogP) is 3.29. The summed E-state index contributed by atoms with van der Waals surface area (Å²) in [5, 5.41) is 0.501. The standard InChI is InChI=1S/C16H13BCl2O6/c1-22-15(20)11-7-9(3-5-13(11)18)24-17-25-10-4-6-14(19)12(8-10)16(21)23-2/h3-8,17H,1-2H3. The summed E-state index contributed by atoms with van der Waals surface area (Å²) in [6.45, 7) is 0. The Hall–Kier alpha value is -2.38. The van der Waals surface area contributed by atoms with E-state index < -0.39 is 11.9 Å². The molecule has 2 rings (SSSR count). The van der Waals surface area contributed by atoms with Crippen molar-refractivity contribution in [1.82, 2.24) is 0 Å². The highest BCUT2D eigenvalue weighted by atomic mass is 35.5. The summed E-state index contributed by atoms with van der Waals surface area (Å²) in [6.07, 6.45) is 0. The van der Waals surface area contributed by atoms with Crippen molar-refractivity contribution in [3.05, 3.63) is 57.6 Å². The second kappa shape index (κ2) is 8.64. The number of rotatable bonds is 6. The Morgan fingerprint density at radius 1 is 0.800 bits per heavy atom. The minimum atomic E-state index is -0.572. The molecule has 0 spiro atoms. The monoisotopic (exact) mass is 382 g/mol. The van der Waals surface area contributed by atoms with Gasteiger partial charge in [-0.15, -0.1) is 0 Å². The molecule has 9 heteroatoms. The van der Waals surface area contributed by atoms with Crippen LogP contribution in [-0.4, -0.2) is 33.8 Å². The van der Waals surface area contributed by atoms with Crippen LogP contribution in [0.2, 0.25) is 10.0 Å². The summed E-state index contributed by atoms with van der Waals surface area (Å²) < 4.78 is 20.1. The second-order valence-corrected chi connectivity index (χ2v) is 5.49. The van der Waals surface area contributed by atoms with Crippen LogP contribution in [-0.2, 0) is 9.47 Å². The Balaban J connectivity index is 2.04. The number of methoxy groups -OCH3 is 2. The molecule has 2 aromatic rings. The molecule has 0 bridgehead atoms. The third kappa shape index (κ3) is 4.81. The van der Waals surface area contributed by atoms with Crippen molar-refractivity contribution in [3.8, 4) is 11.5 Å². The fourth-order valence-corrected chi connectivity index (χ4v) is 2.28. The van der Waals surface area contributed by atoms with Gasteiger partial charge < -0.3 is 18.8 Å². The maximum Gasteiger partial charge on any atom is 0.576 e. The Bertz CT molecular complexity index is 731. The van der Waals surface area contributed by atoms with Crippen LogP contribution < -0.4 is 9.31 Å². The molecule has 0 saturated heterocycles. The molecule has 0 fully saturated rings. The van der Waals surface area contributed by atoms with Gasteiger partial charge in [-0.25, -0.2) is 9.59 Å². The Labute approximate surface area is 154 Å². The van der Waals surface area contributed by atoms with Gasteiger partial charge in [-0.1, -0.05) is 23.2 Å². The van der Waals surface area contributed by atoms with E-state index in [4.69, 9.17) is 32.5 Å². The van der Waals surface area contributed by atoms with E-state index in [-0.39, 0.29) is 28.9 Å². The molecule has 130 valence electrons. The topological polar surface area (TPSA) is 71.1 Å². The van der Waals surface area contributed by atoms with Gasteiger partial charge in [-0.2, -0.15) is 0 Å². The summed E-state index contributed by atoms with van der Waals surface area (Å²) in [7, 11) is 2.36. The molecule has 0 unspecified atom stereocenters. The zero-order valence-electron chi connectivity index (χ0n) is 13.4. The molecule has 0 heterocycles. The molecule has 0 aromatic heterocycles. The maximum absolute atomic E-state index is 11.6. The number of carbonyl (C=O) groups is 2. The molecular weight excluding hydrogens is 370 g/mol. The van der Waals surface area contributed by atoms with Crippen molar-refractivity contribution in [2.75, 3.05) is 14.2 Å². The number of hydrogen-bond donors (Lipinski definition) is 0. The largest absolute Gasteiger partial charge is 0.576 e. The lowest BCUT2D eigenvalue weighted by molar-refractivity contribution is 0.0592. The first-order valence-corrected chi connectivity index (χ1v) is 7.73. The van der Waals surface area contributed by atoms with Crippen LogP contribution in [0.5, 0.6) is 11.5 Å². The number of ether oxygens (including phenoxy) is 2. The average Bonchev–Trinajstić information content (AvgIpc) is 2.63. The minimum Gasteiger partial charge on any atom is -0.528 e. The predicted molar refractivity (Wildman–Crippen MR) is 94.0 cm³/mol. The van der Waals surface area contributed by atoms with Gasteiger partial charge in [0, 0.05) is 0 Å². The van der Waals surface area contributed by atoms with Crippen molar-refractivity contribution in [3.63, 3.8) is 0 Å². The van der Waals surface area contributed by atoms with Crippen LogP contribution in [0.3, 0.4) is 0 Å². The summed E-state index contributed by atoms with van der Waals surface area (Å²) >= 11 is 11.9. The van der Waals surface area contributed by atoms with Gasteiger partial charge in [0.2, 0.25) is 0 Å². The Kier molecular flexibility index (Phi) is 6.55. The zero-order chi connectivity index (χ0) is 18.4. The summed E-state index contributed by atoms with van der Waals surface area (Å²) in [5.41, 5.74) is 0.363. The molecule has 0 aliphatic carbocycles. The van der Waals surface area contributed by atoms with Gasteiger partial charge in [0.15, 0.2) is 0 Å². The third-order valence-electron chi connectivity index (χ3n) is 3.14. The highest BCUT2D eigenvalue weighted by molar-refractivity contribution is 6.34. The van der Waals surface area contributed by atoms with E-state index in [1.807, 2.05) is 0 Å². The van der Waals surface area contributed by atoms with Gasteiger partial charge in [-0.3, -0.25) is 0 Å². The van der Waals surface area contributed by atoms with Crippen LogP contribution in [0.15, 0.2) is 36.4 Å². The summed E-state index contributed by atoms with van der Waals surface area (Å²) in [6, 6.07) is 9.08. The van der Waals surface area contributed by atoms with Gasteiger partial charge >= 0.3 is 19.6 Å². The molecule has 0 radical (unpaired) electrons. The molecule has 0 amide bonds. The Morgan fingerprint density at radius 3 is 1.56 bits per heavy atom. The Morgan fingerprint density at radius 2 is 1.20 bits per heavy atom. The van der Waals surface area contributed by atoms with Crippen molar-refractivity contribution in [2.24, 2.45) is 0 Å². The normalized spacial score (nSPS) is 9.92. The third-order valence-corrected chi connectivity index (χ3v) is 3.80. The minimum absolute atomic E-state index is 0.162. The van der Waals surface area contributed by atoms with Crippen LogP contribution in [0.25, 0.3) is 0 Å². The first-order chi connectivity index (χ1) is 12.0. The van der Waals surface area contributed by atoms with Gasteiger partial charge in [0.1, 0.15) is 11.5 Å². The number of hydrogen-bond acceptors (Lipinski definition) is 6. The second-order valence-electron chi connectivity index (χ2n) is 4.67. The van der Waals surface area contributed by atoms with Crippen molar-refractivity contribution in [2.45, 2.75) is 0 Å². The highest BCUT2D eigenvalue weighted by Gasteiger charge is 2.14. The first kappa shape index (κ1) is 19.0. The summed E-state index contributed by atoms with van der Waals surface area (Å²) in [4.78, 5) is 23.2. The average molecular weight is 383 g/mol. The molecule has 25 heavy (non-hydrogen) atoms. The molecule has 0 atom stereocenters. The number of carbonyl (C=O) groups excluding carboxylic acids is 2. The van der Waals surface area contributed by atoms with Crippen LogP contribution in [0, 0.1) is 0 Å². The van der Waals surface area contributed by atoms with E-state index in [0.717, 1.165) is 0 Å². The zero-order valence-corrected chi connectivity index (χ0v) is 14.9. The van der Waals surface area contributed by atoms with Crippen LogP contribution >= 0.6 is 23.2 Å². The van der Waals surface area contributed by atoms with E-state index in [0.29, 0.717) is 11.5 Å². The first-order valence-electron chi connectivity index (χ1n) is 6.97. The van der Waals surface area contributed by atoms with Crippen LogP contribution in [0.4, 0.5) is 0 Å². The summed E-state index contributed by atoms with van der Waals surface area (Å²) in [5.74, 6) is -0.410. The molecule has 0 saturated carbocycles. The van der Waals surface area contributed by atoms with Crippen molar-refractivity contribution < 1.29 is 28.4 Å². The van der Waals surface area contributed by atoms with E-state index in [1.165, 1.54) is 38.5 Å². The fraction of sp³-hybridized carbons (Fsp3) is 0.125. The van der Waals surface area contributed by atoms with Crippen molar-refractivity contribution in [1.29, 1.82) is 0 Å². The molecule has 0 N–H and O–H groups in total. The van der Waals surface area contributed by atoms with Gasteiger partial charge in [0.05, 0.1) is 35.4 Å². The lowest BCUT2D eigenvalue weighted by Crippen LogP contribution is -2.12. The van der Waals surface area contributed by atoms with E-state index in [2.05, 4.69) is 9.47 Å². The highest BCUT2D eigenvalue weighted by Crippen LogP contribution is 2.24. The van der Waals surface area contributed by atoms with Gasteiger partial charge in [-0.05, 0) is 36.4 Å². The lowest BCUT2D eigenvalue weighted by Gasteiger charge is -2.10. The maximum atomic E-state index is 11.6. The smallest absolute Gasteiger partial charge is 0.528 e. The van der Waals surface area contributed by atoms with E-state index >= 15 is 0 Å². The lowest BCUT2D eigenvalue weighted by atomic mass is 10.2. The van der Waals surface area contributed by atoms with Crippen LogP contribution in [0.1, 0.15) is 20.7 Å². The van der Waals surface area contributed by atoms with Crippen molar-refractivity contribution >= 4 is 42.8 Å².